The Hall–Kier alpha value is -1.67. The van der Waals surface area contributed by atoms with Crippen LogP contribution in [0.15, 0.2) is 24.3 Å². The predicted molar refractivity (Wildman–Crippen MR) is 230 cm³/mol. The minimum absolute atomic E-state index is 0.0683. The van der Waals surface area contributed by atoms with Crippen LogP contribution in [0, 0.1) is 0 Å². The van der Waals surface area contributed by atoms with Crippen molar-refractivity contribution in [2.75, 3.05) is 13.2 Å². The zero-order valence-corrected chi connectivity index (χ0v) is 37.4. The summed E-state index contributed by atoms with van der Waals surface area (Å²) in [6.45, 7) is 3.25. The number of rotatable bonds is 38. The van der Waals surface area contributed by atoms with Crippen molar-refractivity contribution >= 4 is 19.8 Å². The molecule has 0 aliphatic heterocycles. The lowest BCUT2D eigenvalue weighted by Crippen LogP contribution is -2.64. The highest BCUT2D eigenvalue weighted by atomic mass is 31.2. The quantitative estimate of drug-likeness (QED) is 0.0149. The lowest BCUT2D eigenvalue weighted by atomic mass is 9.85. The Balaban J connectivity index is 2.47. The molecule has 14 heteroatoms. The third-order valence-corrected chi connectivity index (χ3v) is 11.8. The van der Waals surface area contributed by atoms with Crippen LogP contribution in [-0.2, 0) is 32.7 Å². The molecule has 0 aromatic heterocycles. The van der Waals surface area contributed by atoms with Crippen molar-refractivity contribution in [2.24, 2.45) is 0 Å². The van der Waals surface area contributed by atoms with Gasteiger partial charge in [-0.05, 0) is 57.8 Å². The molecule has 0 aromatic carbocycles. The van der Waals surface area contributed by atoms with Gasteiger partial charge in [-0.25, -0.2) is 4.57 Å². The van der Waals surface area contributed by atoms with Crippen LogP contribution < -0.4 is 0 Å². The van der Waals surface area contributed by atoms with Crippen LogP contribution in [0.5, 0.6) is 0 Å². The summed E-state index contributed by atoms with van der Waals surface area (Å²) >= 11 is 0. The number of aliphatic hydroxyl groups is 5. The summed E-state index contributed by atoms with van der Waals surface area (Å²) in [5.41, 5.74) is 0. The van der Waals surface area contributed by atoms with Crippen LogP contribution in [0.25, 0.3) is 0 Å². The molecule has 0 spiro atoms. The summed E-state index contributed by atoms with van der Waals surface area (Å²) < 4.78 is 33.5. The molecule has 0 bridgehead atoms. The molecule has 1 fully saturated rings. The van der Waals surface area contributed by atoms with E-state index >= 15 is 0 Å². The number of ether oxygens (including phenoxy) is 2. The maximum atomic E-state index is 12.8. The van der Waals surface area contributed by atoms with Gasteiger partial charge in [0.1, 0.15) is 43.2 Å². The summed E-state index contributed by atoms with van der Waals surface area (Å²) in [5, 5.41) is 50.1. The van der Waals surface area contributed by atoms with Gasteiger partial charge in [0.05, 0.1) is 6.61 Å². The zero-order valence-electron chi connectivity index (χ0n) is 36.6. The lowest BCUT2D eigenvalue weighted by Gasteiger charge is -2.41. The molecule has 1 saturated carbocycles. The number of phosphoric ester groups is 1. The van der Waals surface area contributed by atoms with E-state index in [1.807, 2.05) is 0 Å². The predicted octanol–water partition coefficient (Wildman–Crippen LogP) is 8.84. The average Bonchev–Trinajstić information content (AvgIpc) is 3.21. The number of esters is 2. The van der Waals surface area contributed by atoms with E-state index < -0.39 is 75.7 Å². The minimum Gasteiger partial charge on any atom is -0.462 e. The van der Waals surface area contributed by atoms with Gasteiger partial charge in [-0.15, -0.1) is 0 Å². The Labute approximate surface area is 356 Å². The molecular formula is C45H83O13P. The van der Waals surface area contributed by atoms with Crippen molar-refractivity contribution in [1.82, 2.24) is 0 Å². The van der Waals surface area contributed by atoms with Crippen molar-refractivity contribution in [2.45, 2.75) is 236 Å². The van der Waals surface area contributed by atoms with Gasteiger partial charge in [0.15, 0.2) is 6.10 Å². The number of phosphoric acid groups is 1. The lowest BCUT2D eigenvalue weighted by molar-refractivity contribution is -0.220. The van der Waals surface area contributed by atoms with Gasteiger partial charge < -0.3 is 39.9 Å². The summed E-state index contributed by atoms with van der Waals surface area (Å²) in [5.74, 6) is -1.12. The highest BCUT2D eigenvalue weighted by Crippen LogP contribution is 2.47. The molecule has 1 aliphatic carbocycles. The molecule has 1 aliphatic rings. The van der Waals surface area contributed by atoms with Crippen LogP contribution in [0.2, 0.25) is 0 Å². The highest BCUT2D eigenvalue weighted by Gasteiger charge is 2.51. The number of aliphatic hydroxyl groups excluding tert-OH is 5. The number of allylic oxidation sites excluding steroid dienone is 4. The topological polar surface area (TPSA) is 210 Å². The second-order valence-corrected chi connectivity index (χ2v) is 17.7. The monoisotopic (exact) mass is 863 g/mol. The van der Waals surface area contributed by atoms with E-state index in [0.29, 0.717) is 12.8 Å². The minimum atomic E-state index is -5.12. The molecule has 0 heterocycles. The summed E-state index contributed by atoms with van der Waals surface area (Å²) in [4.78, 5) is 35.7. The SMILES string of the molecule is CCCC/C=C/CCCCCCCCCCCC(=O)OC[C@H](COP(=O)(O)OC1C(O)C(O)C(O)[C@@H](O)C1O)OC(=O)CCCC/C=C/CCCCCCCCCCC. The molecule has 59 heavy (non-hydrogen) atoms. The third-order valence-electron chi connectivity index (χ3n) is 10.8. The van der Waals surface area contributed by atoms with Crippen LogP contribution >= 0.6 is 7.82 Å². The molecule has 13 nitrogen and oxygen atoms in total. The molecule has 0 saturated heterocycles. The van der Waals surface area contributed by atoms with Crippen LogP contribution in [0.1, 0.15) is 194 Å². The second kappa shape index (κ2) is 35.9. The van der Waals surface area contributed by atoms with Crippen molar-refractivity contribution < 1.29 is 63.1 Å². The van der Waals surface area contributed by atoms with E-state index in [0.717, 1.165) is 44.9 Å². The Kier molecular flexibility index (Phi) is 33.7. The third kappa shape index (κ3) is 28.5. The number of hydrogen-bond acceptors (Lipinski definition) is 12. The fourth-order valence-corrected chi connectivity index (χ4v) is 7.94. The van der Waals surface area contributed by atoms with Crippen LogP contribution in [-0.4, -0.2) is 98.3 Å². The molecule has 6 N–H and O–H groups in total. The van der Waals surface area contributed by atoms with Gasteiger partial charge in [0.25, 0.3) is 0 Å². The van der Waals surface area contributed by atoms with E-state index in [-0.39, 0.29) is 12.8 Å². The fraction of sp³-hybridized carbons (Fsp3) is 0.867. The summed E-state index contributed by atoms with van der Waals surface area (Å²) in [6, 6.07) is 0. The normalized spacial score (nSPS) is 22.5. The first-order valence-corrected chi connectivity index (χ1v) is 24.6. The van der Waals surface area contributed by atoms with Crippen molar-refractivity contribution in [3.8, 4) is 0 Å². The smallest absolute Gasteiger partial charge is 0.462 e. The maximum Gasteiger partial charge on any atom is 0.472 e. The number of carbonyl (C=O) groups is 2. The fourth-order valence-electron chi connectivity index (χ4n) is 6.97. The first-order valence-electron chi connectivity index (χ1n) is 23.1. The molecule has 0 radical (unpaired) electrons. The Morgan fingerprint density at radius 3 is 1.37 bits per heavy atom. The first-order chi connectivity index (χ1) is 28.4. The Morgan fingerprint density at radius 2 is 0.881 bits per heavy atom. The number of unbranched alkanes of at least 4 members (excludes halogenated alkanes) is 22. The molecule has 0 aromatic rings. The second-order valence-electron chi connectivity index (χ2n) is 16.3. The van der Waals surface area contributed by atoms with Crippen LogP contribution in [0.4, 0.5) is 0 Å². The van der Waals surface area contributed by atoms with E-state index in [2.05, 4.69) is 38.2 Å². The first kappa shape index (κ1) is 55.3. The summed E-state index contributed by atoms with van der Waals surface area (Å²) in [6.07, 6.45) is 25.2. The molecule has 346 valence electrons. The Bertz CT molecular complexity index is 1130. The van der Waals surface area contributed by atoms with E-state index in [9.17, 15) is 44.6 Å². The average molecular weight is 863 g/mol. The number of carbonyl (C=O) groups excluding carboxylic acids is 2. The van der Waals surface area contributed by atoms with Crippen LogP contribution in [0.3, 0.4) is 0 Å². The molecular weight excluding hydrogens is 779 g/mol. The van der Waals surface area contributed by atoms with Crippen molar-refractivity contribution in [3.63, 3.8) is 0 Å². The van der Waals surface area contributed by atoms with Gasteiger partial charge in [0, 0.05) is 12.8 Å². The molecule has 6 unspecified atom stereocenters. The van der Waals surface area contributed by atoms with Crippen molar-refractivity contribution in [3.05, 3.63) is 24.3 Å². The van der Waals surface area contributed by atoms with Gasteiger partial charge >= 0.3 is 19.8 Å². The Morgan fingerprint density at radius 1 is 0.508 bits per heavy atom. The molecule has 8 atom stereocenters. The maximum absolute atomic E-state index is 12.8. The number of hydrogen-bond donors (Lipinski definition) is 6. The molecule has 0 amide bonds. The molecule has 1 rings (SSSR count). The van der Waals surface area contributed by atoms with Gasteiger partial charge in [-0.1, -0.05) is 147 Å². The summed E-state index contributed by atoms with van der Waals surface area (Å²) in [7, 11) is -5.12. The highest BCUT2D eigenvalue weighted by molar-refractivity contribution is 7.47. The van der Waals surface area contributed by atoms with E-state index in [1.54, 1.807) is 0 Å². The van der Waals surface area contributed by atoms with Gasteiger partial charge in [0.2, 0.25) is 0 Å². The largest absolute Gasteiger partial charge is 0.472 e. The van der Waals surface area contributed by atoms with Crippen molar-refractivity contribution in [1.29, 1.82) is 0 Å². The van der Waals surface area contributed by atoms with E-state index in [4.69, 9.17) is 18.5 Å². The zero-order chi connectivity index (χ0) is 43.6. The van der Waals surface area contributed by atoms with E-state index in [1.165, 1.54) is 109 Å². The van der Waals surface area contributed by atoms with Gasteiger partial charge in [-0.2, -0.15) is 0 Å². The van der Waals surface area contributed by atoms with Gasteiger partial charge in [-0.3, -0.25) is 18.6 Å². The standard InChI is InChI=1S/C45H83O13P/c1-3-5-7-9-11-13-15-17-19-21-23-25-27-29-31-33-38(46)55-35-37(36-56-59(53,54)58-45-43(51)41(49)40(48)42(50)44(45)52)57-39(47)34-32-30-28-26-24-22-20-18-16-14-12-10-8-6-4-2/h9,11,24,26,37,40-45,48-52H,3-8,10,12-23,25,27-36H2,1-2H3,(H,53,54)/b11-9+,26-24+/t37-,40?,41-,42?,43?,44?,45?/m1/s1.